The van der Waals surface area contributed by atoms with Gasteiger partial charge in [0, 0.05) is 16.5 Å². The molecule has 0 saturated carbocycles. The molecule has 0 saturated heterocycles. The first-order valence-corrected chi connectivity index (χ1v) is 10.3. The number of rotatable bonds is 7. The molecule has 0 fully saturated rings. The summed E-state index contributed by atoms with van der Waals surface area (Å²) in [5, 5.41) is 5.19. The summed E-state index contributed by atoms with van der Waals surface area (Å²) in [5.74, 6) is 0.00301. The third-order valence-corrected chi connectivity index (χ3v) is 5.42. The van der Waals surface area contributed by atoms with Crippen LogP contribution in [-0.4, -0.2) is 25.6 Å². The lowest BCUT2D eigenvalue weighted by atomic mass is 10.0. The number of methoxy groups -OCH3 is 1. The fourth-order valence-electron chi connectivity index (χ4n) is 2.91. The highest BCUT2D eigenvalue weighted by atomic mass is 32.1. The Morgan fingerprint density at radius 2 is 1.69 bits per heavy atom. The maximum Gasteiger partial charge on any atom is 0.341 e. The second-order valence-corrected chi connectivity index (χ2v) is 7.19. The molecule has 5 nitrogen and oxygen atoms in total. The molecule has 0 spiro atoms. The van der Waals surface area contributed by atoms with Crippen molar-refractivity contribution in [3.63, 3.8) is 0 Å². The predicted molar refractivity (Wildman–Crippen MR) is 116 cm³/mol. The molecule has 1 amide bonds. The summed E-state index contributed by atoms with van der Waals surface area (Å²) in [7, 11) is 1.60. The van der Waals surface area contributed by atoms with Crippen molar-refractivity contribution in [1.82, 2.24) is 0 Å². The van der Waals surface area contributed by atoms with E-state index in [2.05, 4.69) is 12.2 Å². The molecule has 1 aromatic heterocycles. The van der Waals surface area contributed by atoms with Gasteiger partial charge in [0.2, 0.25) is 0 Å². The van der Waals surface area contributed by atoms with Gasteiger partial charge >= 0.3 is 5.97 Å². The van der Waals surface area contributed by atoms with Crippen LogP contribution in [0.2, 0.25) is 0 Å². The fraction of sp³-hybridized carbons (Fsp3) is 0.217. The number of anilines is 1. The predicted octanol–water partition coefficient (Wildman–Crippen LogP) is 5.42. The number of nitrogens with one attached hydrogen (secondary N) is 1. The van der Waals surface area contributed by atoms with Crippen molar-refractivity contribution in [3.05, 3.63) is 70.6 Å². The Bertz CT molecular complexity index is 991. The van der Waals surface area contributed by atoms with Crippen LogP contribution >= 0.6 is 11.3 Å². The Labute approximate surface area is 174 Å². The topological polar surface area (TPSA) is 64.6 Å². The van der Waals surface area contributed by atoms with Gasteiger partial charge in [-0.15, -0.1) is 11.3 Å². The zero-order valence-electron chi connectivity index (χ0n) is 16.7. The number of carbonyl (C=O) groups is 2. The molecule has 1 N–H and O–H groups in total. The Morgan fingerprint density at radius 1 is 1.00 bits per heavy atom. The van der Waals surface area contributed by atoms with Gasteiger partial charge in [-0.05, 0) is 48.7 Å². The van der Waals surface area contributed by atoms with Gasteiger partial charge < -0.3 is 14.8 Å². The first kappa shape index (κ1) is 20.6. The minimum Gasteiger partial charge on any atom is -0.497 e. The van der Waals surface area contributed by atoms with Crippen molar-refractivity contribution in [2.24, 2.45) is 0 Å². The largest absolute Gasteiger partial charge is 0.497 e. The summed E-state index contributed by atoms with van der Waals surface area (Å²) >= 11 is 1.30. The minimum atomic E-state index is -0.462. The van der Waals surface area contributed by atoms with Crippen LogP contribution in [0, 0.1) is 0 Å². The highest BCUT2D eigenvalue weighted by Gasteiger charge is 2.23. The van der Waals surface area contributed by atoms with Crippen LogP contribution in [0.15, 0.2) is 53.9 Å². The lowest BCUT2D eigenvalue weighted by Gasteiger charge is -2.09. The van der Waals surface area contributed by atoms with Crippen LogP contribution in [-0.2, 0) is 11.2 Å². The van der Waals surface area contributed by atoms with Gasteiger partial charge in [-0.1, -0.05) is 31.2 Å². The summed E-state index contributed by atoms with van der Waals surface area (Å²) < 4.78 is 10.4. The quantitative estimate of drug-likeness (QED) is 0.530. The molecule has 0 aliphatic rings. The van der Waals surface area contributed by atoms with E-state index in [-0.39, 0.29) is 12.5 Å². The molecule has 0 radical (unpaired) electrons. The summed E-state index contributed by atoms with van der Waals surface area (Å²) in [6.07, 6.45) is 0.908. The monoisotopic (exact) mass is 409 g/mol. The van der Waals surface area contributed by atoms with E-state index in [0.717, 1.165) is 23.3 Å². The average Bonchev–Trinajstić information content (AvgIpc) is 3.17. The van der Waals surface area contributed by atoms with E-state index in [1.54, 1.807) is 26.2 Å². The van der Waals surface area contributed by atoms with Gasteiger partial charge in [0.1, 0.15) is 16.3 Å². The molecule has 0 aliphatic carbocycles. The number of hydrogen-bond acceptors (Lipinski definition) is 5. The number of thiophene rings is 1. The molecule has 3 aromatic rings. The van der Waals surface area contributed by atoms with E-state index in [1.165, 1.54) is 11.3 Å². The summed E-state index contributed by atoms with van der Waals surface area (Å²) in [6, 6.07) is 14.8. The van der Waals surface area contributed by atoms with Crippen molar-refractivity contribution >= 4 is 28.2 Å². The smallest absolute Gasteiger partial charge is 0.341 e. The van der Waals surface area contributed by atoms with Gasteiger partial charge in [0.25, 0.3) is 5.91 Å². The Morgan fingerprint density at radius 3 is 2.28 bits per heavy atom. The average molecular weight is 410 g/mol. The number of carbonyl (C=O) groups excluding carboxylic acids is 2. The van der Waals surface area contributed by atoms with Gasteiger partial charge in [-0.25, -0.2) is 4.79 Å². The molecule has 6 heteroatoms. The van der Waals surface area contributed by atoms with Crippen molar-refractivity contribution in [2.45, 2.75) is 20.3 Å². The van der Waals surface area contributed by atoms with E-state index in [4.69, 9.17) is 9.47 Å². The third-order valence-electron chi connectivity index (χ3n) is 4.52. The van der Waals surface area contributed by atoms with Crippen molar-refractivity contribution in [3.8, 4) is 16.9 Å². The van der Waals surface area contributed by atoms with Gasteiger partial charge in [0.05, 0.1) is 13.7 Å². The van der Waals surface area contributed by atoms with E-state index in [1.807, 2.05) is 41.8 Å². The second-order valence-electron chi connectivity index (χ2n) is 6.31. The number of aryl methyl sites for hydroxylation is 1. The van der Waals surface area contributed by atoms with Gasteiger partial charge in [0.15, 0.2) is 0 Å². The first-order chi connectivity index (χ1) is 14.1. The van der Waals surface area contributed by atoms with E-state index in [0.29, 0.717) is 21.7 Å². The number of hydrogen-bond donors (Lipinski definition) is 1. The highest BCUT2D eigenvalue weighted by molar-refractivity contribution is 7.15. The van der Waals surface area contributed by atoms with Crippen molar-refractivity contribution in [1.29, 1.82) is 0 Å². The normalized spacial score (nSPS) is 10.4. The molecule has 0 unspecified atom stereocenters. The van der Waals surface area contributed by atoms with Crippen LogP contribution in [0.4, 0.5) is 5.00 Å². The van der Waals surface area contributed by atoms with Crippen LogP contribution in [0.5, 0.6) is 5.75 Å². The molecule has 3 rings (SSSR count). The maximum absolute atomic E-state index is 12.7. The minimum absolute atomic E-state index is 0.253. The molecular weight excluding hydrogens is 386 g/mol. The summed E-state index contributed by atoms with van der Waals surface area (Å²) in [6.45, 7) is 4.07. The molecule has 0 aliphatic heterocycles. The Kier molecular flexibility index (Phi) is 6.67. The van der Waals surface area contributed by atoms with Crippen LogP contribution in [0.3, 0.4) is 0 Å². The number of ether oxygens (including phenoxy) is 2. The van der Waals surface area contributed by atoms with E-state index >= 15 is 0 Å². The standard InChI is InChI=1S/C23H23NO4S/c1-4-15-6-8-17(9-7-15)21(25)24-22-20(23(26)28-5-2)19(14-29-22)16-10-12-18(27-3)13-11-16/h6-14H,4-5H2,1-3H3,(H,24,25). The number of esters is 1. The zero-order valence-corrected chi connectivity index (χ0v) is 17.5. The zero-order chi connectivity index (χ0) is 20.8. The maximum atomic E-state index is 12.7. The number of amides is 1. The first-order valence-electron chi connectivity index (χ1n) is 9.40. The van der Waals surface area contributed by atoms with Crippen molar-refractivity contribution in [2.75, 3.05) is 19.0 Å². The fourth-order valence-corrected chi connectivity index (χ4v) is 3.86. The SMILES string of the molecule is CCOC(=O)c1c(-c2ccc(OC)cc2)csc1NC(=O)c1ccc(CC)cc1. The molecular formula is C23H23NO4S. The Balaban J connectivity index is 1.93. The molecule has 1 heterocycles. The van der Waals surface area contributed by atoms with Gasteiger partial charge in [-0.2, -0.15) is 0 Å². The molecule has 0 atom stereocenters. The molecule has 29 heavy (non-hydrogen) atoms. The summed E-state index contributed by atoms with van der Waals surface area (Å²) in [4.78, 5) is 25.4. The van der Waals surface area contributed by atoms with Crippen molar-refractivity contribution < 1.29 is 19.1 Å². The Hall–Kier alpha value is -3.12. The molecule has 0 bridgehead atoms. The highest BCUT2D eigenvalue weighted by Crippen LogP contribution is 2.37. The second kappa shape index (κ2) is 9.39. The van der Waals surface area contributed by atoms with Crippen LogP contribution in [0.1, 0.15) is 40.1 Å². The molecule has 150 valence electrons. The third kappa shape index (κ3) is 4.66. The van der Waals surface area contributed by atoms with Crippen LogP contribution < -0.4 is 10.1 Å². The lowest BCUT2D eigenvalue weighted by molar-refractivity contribution is 0.0529. The molecule has 2 aromatic carbocycles. The number of benzene rings is 2. The van der Waals surface area contributed by atoms with Crippen LogP contribution in [0.25, 0.3) is 11.1 Å². The van der Waals surface area contributed by atoms with E-state index in [9.17, 15) is 9.59 Å². The summed E-state index contributed by atoms with van der Waals surface area (Å²) in [5.41, 5.74) is 3.62. The van der Waals surface area contributed by atoms with E-state index < -0.39 is 5.97 Å². The lowest BCUT2D eigenvalue weighted by Crippen LogP contribution is -2.14. The van der Waals surface area contributed by atoms with Gasteiger partial charge in [-0.3, -0.25) is 4.79 Å².